The maximum atomic E-state index is 5.99. The highest BCUT2D eigenvalue weighted by Crippen LogP contribution is 2.18. The highest BCUT2D eigenvalue weighted by atomic mass is 15.1. The Bertz CT molecular complexity index is 414. The summed E-state index contributed by atoms with van der Waals surface area (Å²) >= 11 is 0. The van der Waals surface area contributed by atoms with Crippen LogP contribution >= 0.6 is 0 Å². The first-order valence-corrected chi connectivity index (χ1v) is 6.77. The minimum Gasteiger partial charge on any atom is -0.328 e. The van der Waals surface area contributed by atoms with Crippen molar-refractivity contribution in [3.8, 4) is 11.8 Å². The summed E-state index contributed by atoms with van der Waals surface area (Å²) in [5.74, 6) is 7.12. The maximum Gasteiger partial charge on any atom is 0.0605 e. The number of rotatable bonds is 2. The third-order valence-electron chi connectivity index (χ3n) is 3.59. The molecule has 1 aromatic rings. The zero-order chi connectivity index (χ0) is 12.8. The fourth-order valence-electron chi connectivity index (χ4n) is 2.44. The van der Waals surface area contributed by atoms with E-state index in [-0.39, 0.29) is 0 Å². The third-order valence-corrected chi connectivity index (χ3v) is 3.59. The van der Waals surface area contributed by atoms with Gasteiger partial charge in [0.25, 0.3) is 0 Å². The van der Waals surface area contributed by atoms with Crippen LogP contribution in [0.5, 0.6) is 0 Å². The molecule has 2 N–H and O–H groups in total. The van der Waals surface area contributed by atoms with Gasteiger partial charge in [-0.1, -0.05) is 30.0 Å². The number of hydrogen-bond acceptors (Lipinski definition) is 2. The molecule has 1 heterocycles. The fraction of sp³-hybridized carbons (Fsp3) is 0.500. The fourth-order valence-corrected chi connectivity index (χ4v) is 2.44. The van der Waals surface area contributed by atoms with Crippen LogP contribution in [-0.2, 0) is 0 Å². The molecule has 0 saturated carbocycles. The molecule has 1 aliphatic heterocycles. The lowest BCUT2D eigenvalue weighted by Crippen LogP contribution is -2.42. The predicted molar refractivity (Wildman–Crippen MR) is 76.1 cm³/mol. The summed E-state index contributed by atoms with van der Waals surface area (Å²) in [5, 5.41) is 0. The van der Waals surface area contributed by atoms with Gasteiger partial charge in [0.1, 0.15) is 0 Å². The molecule has 0 radical (unpaired) electrons. The van der Waals surface area contributed by atoms with E-state index in [0.717, 1.165) is 25.2 Å². The molecule has 0 amide bonds. The molecule has 1 aromatic carbocycles. The Hall–Kier alpha value is -1.30. The predicted octanol–water partition coefficient (Wildman–Crippen LogP) is 2.10. The normalized spacial score (nSPS) is 22.0. The van der Waals surface area contributed by atoms with Crippen molar-refractivity contribution >= 4 is 0 Å². The molecule has 0 spiro atoms. The van der Waals surface area contributed by atoms with E-state index in [4.69, 9.17) is 5.73 Å². The number of benzene rings is 1. The molecule has 1 aliphatic rings. The van der Waals surface area contributed by atoms with E-state index < -0.39 is 0 Å². The number of nitrogens with two attached hydrogens (primary N) is 1. The van der Waals surface area contributed by atoms with E-state index in [2.05, 4.69) is 23.7 Å². The Morgan fingerprint density at radius 2 is 2.17 bits per heavy atom. The van der Waals surface area contributed by atoms with Crippen LogP contribution in [0, 0.1) is 17.8 Å². The minimum absolute atomic E-state index is 0.301. The van der Waals surface area contributed by atoms with Crippen LogP contribution < -0.4 is 5.73 Å². The van der Waals surface area contributed by atoms with Gasteiger partial charge in [-0.2, -0.15) is 0 Å². The molecule has 0 bridgehead atoms. The summed E-state index contributed by atoms with van der Waals surface area (Å²) in [7, 11) is 0. The molecule has 96 valence electrons. The average Bonchev–Trinajstić information content (AvgIpc) is 2.40. The summed E-state index contributed by atoms with van der Waals surface area (Å²) in [6.45, 7) is 5.23. The van der Waals surface area contributed by atoms with Crippen molar-refractivity contribution in [1.29, 1.82) is 0 Å². The first-order chi connectivity index (χ1) is 8.75. The second-order valence-corrected chi connectivity index (χ2v) is 5.16. The van der Waals surface area contributed by atoms with Crippen molar-refractivity contribution in [2.45, 2.75) is 25.8 Å². The lowest BCUT2D eigenvalue weighted by molar-refractivity contribution is 0.178. The highest BCUT2D eigenvalue weighted by molar-refractivity contribution is 5.33. The van der Waals surface area contributed by atoms with Gasteiger partial charge in [-0.05, 0) is 44.4 Å². The zero-order valence-corrected chi connectivity index (χ0v) is 11.1. The van der Waals surface area contributed by atoms with Crippen molar-refractivity contribution in [1.82, 2.24) is 4.90 Å². The first-order valence-electron chi connectivity index (χ1n) is 6.77. The van der Waals surface area contributed by atoms with Gasteiger partial charge in [0.05, 0.1) is 6.54 Å². The van der Waals surface area contributed by atoms with Gasteiger partial charge in [-0.25, -0.2) is 0 Å². The molecule has 0 aliphatic carbocycles. The van der Waals surface area contributed by atoms with Crippen LogP contribution in [0.4, 0.5) is 0 Å². The van der Waals surface area contributed by atoms with Crippen LogP contribution in [0.2, 0.25) is 0 Å². The minimum atomic E-state index is 0.301. The maximum absolute atomic E-state index is 5.99. The number of hydrogen-bond donors (Lipinski definition) is 1. The second kappa shape index (κ2) is 6.58. The van der Waals surface area contributed by atoms with Crippen LogP contribution in [0.15, 0.2) is 30.3 Å². The van der Waals surface area contributed by atoms with Gasteiger partial charge >= 0.3 is 0 Å². The Morgan fingerprint density at radius 3 is 2.89 bits per heavy atom. The lowest BCUT2D eigenvalue weighted by atomic mass is 9.92. The lowest BCUT2D eigenvalue weighted by Gasteiger charge is -2.33. The van der Waals surface area contributed by atoms with Crippen molar-refractivity contribution in [2.24, 2.45) is 11.7 Å². The summed E-state index contributed by atoms with van der Waals surface area (Å²) < 4.78 is 0. The van der Waals surface area contributed by atoms with Gasteiger partial charge < -0.3 is 5.73 Å². The van der Waals surface area contributed by atoms with Gasteiger partial charge in [-0.3, -0.25) is 4.90 Å². The van der Waals surface area contributed by atoms with Gasteiger partial charge in [-0.15, -0.1) is 0 Å². The molecule has 2 unspecified atom stereocenters. The quantitative estimate of drug-likeness (QED) is 0.805. The SMILES string of the molecule is CC(N)C1CCCN(CC#Cc2ccccc2)C1. The van der Waals surface area contributed by atoms with Crippen molar-refractivity contribution in [3.05, 3.63) is 35.9 Å². The molecular weight excluding hydrogens is 220 g/mol. The molecule has 2 rings (SSSR count). The van der Waals surface area contributed by atoms with Crippen molar-refractivity contribution in [2.75, 3.05) is 19.6 Å². The Balaban J connectivity index is 1.85. The topological polar surface area (TPSA) is 29.3 Å². The Labute approximate surface area is 110 Å². The molecule has 1 fully saturated rings. The molecule has 2 nitrogen and oxygen atoms in total. The standard InChI is InChI=1S/C16H22N2/c1-14(17)16-10-6-12-18(13-16)11-5-9-15-7-3-2-4-8-15/h2-4,7-8,14,16H,6,10-13,17H2,1H3. The molecule has 0 aromatic heterocycles. The van der Waals surface area contributed by atoms with Gasteiger partial charge in [0.15, 0.2) is 0 Å². The molecular formula is C16H22N2. The van der Waals surface area contributed by atoms with E-state index in [1.165, 1.54) is 12.8 Å². The first kappa shape index (κ1) is 13.1. The van der Waals surface area contributed by atoms with Gasteiger partial charge in [0, 0.05) is 18.2 Å². The largest absolute Gasteiger partial charge is 0.328 e. The average molecular weight is 242 g/mol. The van der Waals surface area contributed by atoms with E-state index >= 15 is 0 Å². The van der Waals surface area contributed by atoms with Crippen LogP contribution in [0.25, 0.3) is 0 Å². The summed E-state index contributed by atoms with van der Waals surface area (Å²) in [4.78, 5) is 2.42. The summed E-state index contributed by atoms with van der Waals surface area (Å²) in [5.41, 5.74) is 7.08. The number of piperidine rings is 1. The zero-order valence-electron chi connectivity index (χ0n) is 11.1. The second-order valence-electron chi connectivity index (χ2n) is 5.16. The van der Waals surface area contributed by atoms with Crippen molar-refractivity contribution in [3.63, 3.8) is 0 Å². The van der Waals surface area contributed by atoms with E-state index in [1.54, 1.807) is 0 Å². The molecule has 2 atom stereocenters. The van der Waals surface area contributed by atoms with Crippen LogP contribution in [0.1, 0.15) is 25.3 Å². The smallest absolute Gasteiger partial charge is 0.0605 e. The molecule has 18 heavy (non-hydrogen) atoms. The third kappa shape index (κ3) is 3.87. The summed E-state index contributed by atoms with van der Waals surface area (Å²) in [6, 6.07) is 10.5. The Kier molecular flexibility index (Phi) is 4.81. The molecule has 2 heteroatoms. The van der Waals surface area contributed by atoms with E-state index in [9.17, 15) is 0 Å². The molecule has 1 saturated heterocycles. The Morgan fingerprint density at radius 1 is 1.39 bits per heavy atom. The van der Waals surface area contributed by atoms with E-state index in [0.29, 0.717) is 12.0 Å². The monoisotopic (exact) mass is 242 g/mol. The van der Waals surface area contributed by atoms with Crippen LogP contribution in [-0.4, -0.2) is 30.6 Å². The van der Waals surface area contributed by atoms with Crippen molar-refractivity contribution < 1.29 is 0 Å². The van der Waals surface area contributed by atoms with Crippen LogP contribution in [0.3, 0.4) is 0 Å². The summed E-state index contributed by atoms with van der Waals surface area (Å²) in [6.07, 6.45) is 2.51. The number of nitrogens with zero attached hydrogens (tertiary/aromatic N) is 1. The van der Waals surface area contributed by atoms with E-state index in [1.807, 2.05) is 30.3 Å². The number of likely N-dealkylation sites (tertiary alicyclic amines) is 1. The highest BCUT2D eigenvalue weighted by Gasteiger charge is 2.21. The van der Waals surface area contributed by atoms with Gasteiger partial charge in [0.2, 0.25) is 0 Å².